The van der Waals surface area contributed by atoms with E-state index in [0.717, 1.165) is 0 Å². The van der Waals surface area contributed by atoms with Crippen molar-refractivity contribution in [1.29, 1.82) is 0 Å². The summed E-state index contributed by atoms with van der Waals surface area (Å²) in [5, 5.41) is 2.88. The molecule has 0 bridgehead atoms. The van der Waals surface area contributed by atoms with E-state index in [9.17, 15) is 9.18 Å². The topological polar surface area (TPSA) is 80.0 Å². The number of piperidine rings is 1. The molecule has 0 unspecified atom stereocenters. The van der Waals surface area contributed by atoms with Gasteiger partial charge in [-0.15, -0.1) is 0 Å². The molecule has 1 saturated heterocycles. The normalized spacial score (nSPS) is 25.1. The van der Waals surface area contributed by atoms with Gasteiger partial charge in [0.15, 0.2) is 5.96 Å². The van der Waals surface area contributed by atoms with Crippen LogP contribution in [0.15, 0.2) is 4.99 Å². The molecule has 0 spiro atoms. The van der Waals surface area contributed by atoms with Crippen molar-refractivity contribution in [1.82, 2.24) is 10.2 Å². The van der Waals surface area contributed by atoms with Crippen molar-refractivity contribution < 1.29 is 13.9 Å². The number of nitrogens with one attached hydrogen (secondary N) is 1. The van der Waals surface area contributed by atoms with Crippen LogP contribution in [0.4, 0.5) is 9.18 Å². The number of ether oxygens (including phenoxy) is 1. The van der Waals surface area contributed by atoms with Gasteiger partial charge in [0.05, 0.1) is 6.54 Å². The van der Waals surface area contributed by atoms with Crippen LogP contribution in [0, 0.1) is 0 Å². The number of halogens is 1. The van der Waals surface area contributed by atoms with Crippen LogP contribution < -0.4 is 11.1 Å². The number of rotatable bonds is 1. The molecule has 19 heavy (non-hydrogen) atoms. The van der Waals surface area contributed by atoms with Crippen molar-refractivity contribution in [2.45, 2.75) is 45.0 Å². The van der Waals surface area contributed by atoms with Crippen molar-refractivity contribution in [2.75, 3.05) is 20.1 Å². The molecule has 0 aromatic carbocycles. The second-order valence-electron chi connectivity index (χ2n) is 5.67. The Hall–Kier alpha value is -1.53. The van der Waals surface area contributed by atoms with Crippen LogP contribution in [0.25, 0.3) is 0 Å². The lowest BCUT2D eigenvalue weighted by Crippen LogP contribution is -2.55. The first-order valence-electron chi connectivity index (χ1n) is 6.32. The molecule has 0 aromatic heterocycles. The minimum atomic E-state index is -1.09. The molecule has 1 heterocycles. The Bertz CT molecular complexity index is 354. The summed E-state index contributed by atoms with van der Waals surface area (Å²) in [6.07, 6.45) is -1.30. The molecule has 7 heteroatoms. The first-order valence-corrected chi connectivity index (χ1v) is 6.32. The number of aliphatic imine (C=N–C) groups is 1. The summed E-state index contributed by atoms with van der Waals surface area (Å²) in [5.74, 6) is 0.239. The first kappa shape index (κ1) is 15.5. The number of alkyl halides is 1. The number of hydrogen-bond donors (Lipinski definition) is 2. The van der Waals surface area contributed by atoms with Crippen LogP contribution in [0.2, 0.25) is 0 Å². The zero-order valence-electron chi connectivity index (χ0n) is 11.9. The highest BCUT2D eigenvalue weighted by atomic mass is 19.1. The van der Waals surface area contributed by atoms with E-state index in [2.05, 4.69) is 10.3 Å². The standard InChI is InChI=1S/C12H23FN4O2/c1-12(2,3)19-11(18)17-6-8(13)5-9(7-17)16-10(14)15-4/h8-9H,5-7H2,1-4H3,(H3,14,15,16)/t8-,9-/m0/s1. The van der Waals surface area contributed by atoms with Gasteiger partial charge in [-0.3, -0.25) is 4.99 Å². The summed E-state index contributed by atoms with van der Waals surface area (Å²) in [6.45, 7) is 5.74. The van der Waals surface area contributed by atoms with Gasteiger partial charge in [0.1, 0.15) is 11.8 Å². The molecule has 1 rings (SSSR count). The molecular formula is C12H23FN4O2. The summed E-state index contributed by atoms with van der Waals surface area (Å²) < 4.78 is 18.9. The zero-order valence-corrected chi connectivity index (χ0v) is 11.9. The van der Waals surface area contributed by atoms with Crippen molar-refractivity contribution in [3.8, 4) is 0 Å². The molecule has 1 fully saturated rings. The molecule has 0 aromatic rings. The maximum absolute atomic E-state index is 13.7. The van der Waals surface area contributed by atoms with Gasteiger partial charge < -0.3 is 20.7 Å². The van der Waals surface area contributed by atoms with Crippen molar-refractivity contribution in [3.63, 3.8) is 0 Å². The number of likely N-dealkylation sites (tertiary alicyclic amines) is 1. The van der Waals surface area contributed by atoms with Crippen LogP contribution in [0.5, 0.6) is 0 Å². The number of carbonyl (C=O) groups is 1. The Kier molecular flexibility index (Phi) is 4.97. The van der Waals surface area contributed by atoms with E-state index >= 15 is 0 Å². The van der Waals surface area contributed by atoms with Gasteiger partial charge in [0.25, 0.3) is 0 Å². The van der Waals surface area contributed by atoms with Gasteiger partial charge in [-0.2, -0.15) is 0 Å². The molecule has 1 aliphatic rings. The van der Waals surface area contributed by atoms with E-state index in [1.165, 1.54) is 4.90 Å². The van der Waals surface area contributed by atoms with Gasteiger partial charge in [-0.05, 0) is 20.8 Å². The Morgan fingerprint density at radius 1 is 1.47 bits per heavy atom. The van der Waals surface area contributed by atoms with Gasteiger partial charge in [-0.25, -0.2) is 9.18 Å². The average Bonchev–Trinajstić information content (AvgIpc) is 2.25. The summed E-state index contributed by atoms with van der Waals surface area (Å²) in [6, 6.07) is -0.250. The summed E-state index contributed by atoms with van der Waals surface area (Å²) in [5.41, 5.74) is 4.96. The zero-order chi connectivity index (χ0) is 14.6. The van der Waals surface area contributed by atoms with Crippen LogP contribution in [-0.2, 0) is 4.74 Å². The maximum atomic E-state index is 13.7. The van der Waals surface area contributed by atoms with Crippen LogP contribution in [0.3, 0.4) is 0 Å². The highest BCUT2D eigenvalue weighted by Crippen LogP contribution is 2.17. The number of guanidine groups is 1. The predicted octanol–water partition coefficient (Wildman–Crippen LogP) is 0.868. The van der Waals surface area contributed by atoms with Crippen molar-refractivity contribution >= 4 is 12.1 Å². The lowest BCUT2D eigenvalue weighted by Gasteiger charge is -2.36. The first-order chi connectivity index (χ1) is 8.71. The number of nitrogens with two attached hydrogens (primary N) is 1. The molecule has 0 radical (unpaired) electrons. The Labute approximate surface area is 113 Å². The molecular weight excluding hydrogens is 251 g/mol. The van der Waals surface area contributed by atoms with Gasteiger partial charge in [0.2, 0.25) is 0 Å². The van der Waals surface area contributed by atoms with E-state index in [-0.39, 0.29) is 18.5 Å². The second-order valence-corrected chi connectivity index (χ2v) is 5.67. The minimum Gasteiger partial charge on any atom is -0.444 e. The van der Waals surface area contributed by atoms with Crippen LogP contribution in [-0.4, -0.2) is 54.9 Å². The SMILES string of the molecule is C/N=C(\N)N[C@H]1C[C@H](F)CN(C(=O)OC(C)(C)C)C1. The van der Waals surface area contributed by atoms with Crippen molar-refractivity contribution in [3.05, 3.63) is 0 Å². The Morgan fingerprint density at radius 2 is 2.11 bits per heavy atom. The smallest absolute Gasteiger partial charge is 0.410 e. The highest BCUT2D eigenvalue weighted by molar-refractivity contribution is 5.78. The molecule has 0 aliphatic carbocycles. The molecule has 3 N–H and O–H groups in total. The second kappa shape index (κ2) is 6.08. The number of amides is 1. The maximum Gasteiger partial charge on any atom is 0.410 e. The fraction of sp³-hybridized carbons (Fsp3) is 0.833. The number of hydrogen-bond acceptors (Lipinski definition) is 3. The fourth-order valence-electron chi connectivity index (χ4n) is 1.89. The summed E-state index contributed by atoms with van der Waals surface area (Å²) >= 11 is 0. The highest BCUT2D eigenvalue weighted by Gasteiger charge is 2.32. The summed E-state index contributed by atoms with van der Waals surface area (Å²) in [4.78, 5) is 17.0. The van der Waals surface area contributed by atoms with E-state index in [1.807, 2.05) is 0 Å². The summed E-state index contributed by atoms with van der Waals surface area (Å²) in [7, 11) is 1.55. The van der Waals surface area contributed by atoms with Gasteiger partial charge >= 0.3 is 6.09 Å². The molecule has 6 nitrogen and oxygen atoms in total. The van der Waals surface area contributed by atoms with Gasteiger partial charge in [0, 0.05) is 26.1 Å². The van der Waals surface area contributed by atoms with E-state index in [4.69, 9.17) is 10.5 Å². The Balaban J connectivity index is 2.62. The van der Waals surface area contributed by atoms with Gasteiger partial charge in [-0.1, -0.05) is 0 Å². The third kappa shape index (κ3) is 5.32. The lowest BCUT2D eigenvalue weighted by molar-refractivity contribution is 0.0105. The Morgan fingerprint density at radius 3 is 2.63 bits per heavy atom. The molecule has 2 atom stereocenters. The minimum absolute atomic E-state index is 0.0519. The van der Waals surface area contributed by atoms with E-state index in [0.29, 0.717) is 13.0 Å². The third-order valence-electron chi connectivity index (χ3n) is 2.64. The van der Waals surface area contributed by atoms with E-state index < -0.39 is 17.9 Å². The lowest BCUT2D eigenvalue weighted by atomic mass is 10.0. The predicted molar refractivity (Wildman–Crippen MR) is 71.8 cm³/mol. The van der Waals surface area contributed by atoms with Crippen molar-refractivity contribution in [2.24, 2.45) is 10.7 Å². The van der Waals surface area contributed by atoms with E-state index in [1.54, 1.807) is 27.8 Å². The number of nitrogens with zero attached hydrogens (tertiary/aromatic N) is 2. The molecule has 1 amide bonds. The number of carbonyl (C=O) groups excluding carboxylic acids is 1. The van der Waals surface area contributed by atoms with Crippen LogP contribution in [0.1, 0.15) is 27.2 Å². The largest absolute Gasteiger partial charge is 0.444 e. The quantitative estimate of drug-likeness (QED) is 0.549. The third-order valence-corrected chi connectivity index (χ3v) is 2.64. The monoisotopic (exact) mass is 274 g/mol. The average molecular weight is 274 g/mol. The molecule has 0 saturated carbocycles. The molecule has 110 valence electrons. The fourth-order valence-corrected chi connectivity index (χ4v) is 1.89. The van der Waals surface area contributed by atoms with Crippen LogP contribution >= 0.6 is 0 Å². The molecule has 1 aliphatic heterocycles.